The third kappa shape index (κ3) is 2.57. The van der Waals surface area contributed by atoms with E-state index < -0.39 is 0 Å². The Morgan fingerprint density at radius 1 is 1.38 bits per heavy atom. The highest BCUT2D eigenvalue weighted by molar-refractivity contribution is 7.22. The molecule has 0 spiro atoms. The fraction of sp³-hybridized carbons (Fsp3) is 0.529. The second-order valence-electron chi connectivity index (χ2n) is 6.68. The van der Waals surface area contributed by atoms with Crippen LogP contribution in [0.3, 0.4) is 0 Å². The molecule has 2 aromatic rings. The average molecular weight is 300 g/mol. The van der Waals surface area contributed by atoms with Crippen molar-refractivity contribution < 1.29 is 4.79 Å². The van der Waals surface area contributed by atoms with Gasteiger partial charge in [-0.15, -0.1) is 0 Å². The molecule has 3 nitrogen and oxygen atoms in total. The van der Waals surface area contributed by atoms with Crippen LogP contribution < -0.4 is 5.32 Å². The maximum Gasteiger partial charge on any atom is 0.226 e. The minimum absolute atomic E-state index is 0.142. The number of benzene rings is 1. The highest BCUT2D eigenvalue weighted by Gasteiger charge is 2.40. The SMILES string of the molecule is Cc1ccc2nc(NC(=O)C[C@H]3C[C@H]4CC[C@@H]3C4)sc2c1. The standard InChI is InChI=1S/C17H20N2OS/c1-10-2-5-14-15(6-10)21-17(18-14)19-16(20)9-13-8-11-3-4-12(13)7-11/h2,5-6,11-13H,3-4,7-9H2,1H3,(H,18,19,20)/t11-,12+,13+/m0/s1. The van der Waals surface area contributed by atoms with Crippen LogP contribution >= 0.6 is 11.3 Å². The summed E-state index contributed by atoms with van der Waals surface area (Å²) in [5.41, 5.74) is 2.20. The fourth-order valence-electron chi connectivity index (χ4n) is 4.12. The summed E-state index contributed by atoms with van der Waals surface area (Å²) >= 11 is 1.57. The van der Waals surface area contributed by atoms with Crippen LogP contribution in [0.15, 0.2) is 18.2 Å². The molecule has 0 aliphatic heterocycles. The molecule has 4 rings (SSSR count). The molecule has 1 amide bonds. The summed E-state index contributed by atoms with van der Waals surface area (Å²) in [6.45, 7) is 2.08. The van der Waals surface area contributed by atoms with Gasteiger partial charge in [0.1, 0.15) is 0 Å². The second-order valence-corrected chi connectivity index (χ2v) is 7.71. The molecule has 4 heteroatoms. The number of rotatable bonds is 3. The summed E-state index contributed by atoms with van der Waals surface area (Å²) in [5, 5.41) is 3.75. The predicted molar refractivity (Wildman–Crippen MR) is 86.5 cm³/mol. The van der Waals surface area contributed by atoms with Crippen LogP contribution in [0.2, 0.25) is 0 Å². The number of aromatic nitrogens is 1. The lowest BCUT2D eigenvalue weighted by molar-refractivity contribution is -0.117. The Balaban J connectivity index is 1.43. The Hall–Kier alpha value is -1.42. The summed E-state index contributed by atoms with van der Waals surface area (Å²) in [7, 11) is 0. The molecule has 21 heavy (non-hydrogen) atoms. The number of carbonyl (C=O) groups excluding carboxylic acids is 1. The molecule has 1 N–H and O–H groups in total. The molecule has 1 aromatic carbocycles. The normalized spacial score (nSPS) is 27.4. The first kappa shape index (κ1) is 13.3. The van der Waals surface area contributed by atoms with Crippen LogP contribution in [0.4, 0.5) is 5.13 Å². The van der Waals surface area contributed by atoms with Crippen LogP contribution in [0.5, 0.6) is 0 Å². The molecule has 0 radical (unpaired) electrons. The topological polar surface area (TPSA) is 42.0 Å². The summed E-state index contributed by atoms with van der Waals surface area (Å²) in [6.07, 6.45) is 6.02. The van der Waals surface area contributed by atoms with E-state index in [1.165, 1.54) is 31.2 Å². The largest absolute Gasteiger partial charge is 0.302 e. The van der Waals surface area contributed by atoms with Gasteiger partial charge in [0.25, 0.3) is 0 Å². The minimum Gasteiger partial charge on any atom is -0.302 e. The highest BCUT2D eigenvalue weighted by atomic mass is 32.1. The molecular weight excluding hydrogens is 280 g/mol. The van der Waals surface area contributed by atoms with E-state index in [0.717, 1.165) is 27.2 Å². The number of hydrogen-bond acceptors (Lipinski definition) is 3. The van der Waals surface area contributed by atoms with Crippen molar-refractivity contribution in [2.24, 2.45) is 17.8 Å². The molecule has 2 aliphatic carbocycles. The smallest absolute Gasteiger partial charge is 0.226 e. The van der Waals surface area contributed by atoms with Crippen LogP contribution in [-0.2, 0) is 4.79 Å². The van der Waals surface area contributed by atoms with Crippen molar-refractivity contribution in [3.05, 3.63) is 23.8 Å². The van der Waals surface area contributed by atoms with Crippen LogP contribution in [0.25, 0.3) is 10.2 Å². The van der Waals surface area contributed by atoms with Crippen molar-refractivity contribution in [1.29, 1.82) is 0 Å². The first-order valence-corrected chi connectivity index (χ1v) is 8.66. The summed E-state index contributed by atoms with van der Waals surface area (Å²) in [5.74, 6) is 2.46. The average Bonchev–Trinajstić information content (AvgIpc) is 3.12. The van der Waals surface area contributed by atoms with E-state index >= 15 is 0 Å². The van der Waals surface area contributed by atoms with Crippen molar-refractivity contribution in [1.82, 2.24) is 4.98 Å². The molecule has 110 valence electrons. The Kier molecular flexibility index (Phi) is 3.21. The molecule has 1 heterocycles. The van der Waals surface area contributed by atoms with E-state index in [-0.39, 0.29) is 5.91 Å². The lowest BCUT2D eigenvalue weighted by Crippen LogP contribution is -2.20. The second kappa shape index (κ2) is 5.09. The number of carbonyl (C=O) groups is 1. The fourth-order valence-corrected chi connectivity index (χ4v) is 5.10. The Bertz CT molecular complexity index is 693. The number of fused-ring (bicyclic) bond motifs is 3. The first-order valence-electron chi connectivity index (χ1n) is 7.84. The van der Waals surface area contributed by atoms with E-state index in [0.29, 0.717) is 12.3 Å². The quantitative estimate of drug-likeness (QED) is 0.914. The molecule has 0 saturated heterocycles. The van der Waals surface area contributed by atoms with Gasteiger partial charge >= 0.3 is 0 Å². The van der Waals surface area contributed by atoms with Crippen LogP contribution in [0, 0.1) is 24.7 Å². The van der Waals surface area contributed by atoms with Crippen LogP contribution in [0.1, 0.15) is 37.7 Å². The van der Waals surface area contributed by atoms with Crippen molar-refractivity contribution in [3.8, 4) is 0 Å². The van der Waals surface area contributed by atoms with Gasteiger partial charge in [0.2, 0.25) is 5.91 Å². The number of thiazole rings is 1. The molecule has 3 atom stereocenters. The van der Waals surface area contributed by atoms with Gasteiger partial charge in [-0.2, -0.15) is 0 Å². The minimum atomic E-state index is 0.142. The summed E-state index contributed by atoms with van der Waals surface area (Å²) in [6, 6.07) is 6.20. The van der Waals surface area contributed by atoms with Crippen molar-refractivity contribution in [2.75, 3.05) is 5.32 Å². The number of nitrogens with one attached hydrogen (secondary N) is 1. The van der Waals surface area contributed by atoms with Gasteiger partial charge in [0.15, 0.2) is 5.13 Å². The Morgan fingerprint density at radius 3 is 3.05 bits per heavy atom. The Labute approximate surface area is 128 Å². The van der Waals surface area contributed by atoms with E-state index in [4.69, 9.17) is 0 Å². The molecular formula is C17H20N2OS. The number of anilines is 1. The van der Waals surface area contributed by atoms with Gasteiger partial charge < -0.3 is 5.32 Å². The maximum absolute atomic E-state index is 12.2. The van der Waals surface area contributed by atoms with Gasteiger partial charge in [0, 0.05) is 6.42 Å². The number of amides is 1. The van der Waals surface area contributed by atoms with Crippen LogP contribution in [-0.4, -0.2) is 10.9 Å². The van der Waals surface area contributed by atoms with E-state index in [1.54, 1.807) is 11.3 Å². The molecule has 2 bridgehead atoms. The van der Waals surface area contributed by atoms with Crippen molar-refractivity contribution >= 4 is 32.6 Å². The number of nitrogens with zero attached hydrogens (tertiary/aromatic N) is 1. The zero-order valence-electron chi connectivity index (χ0n) is 12.3. The summed E-state index contributed by atoms with van der Waals surface area (Å²) in [4.78, 5) is 16.7. The van der Waals surface area contributed by atoms with Gasteiger partial charge in [-0.25, -0.2) is 4.98 Å². The van der Waals surface area contributed by atoms with E-state index in [2.05, 4.69) is 29.4 Å². The van der Waals surface area contributed by atoms with Crippen molar-refractivity contribution in [2.45, 2.75) is 39.0 Å². The van der Waals surface area contributed by atoms with Gasteiger partial charge in [0.05, 0.1) is 10.2 Å². The Morgan fingerprint density at radius 2 is 2.29 bits per heavy atom. The van der Waals surface area contributed by atoms with Gasteiger partial charge in [-0.05, 0) is 61.6 Å². The molecule has 2 aliphatic rings. The lowest BCUT2D eigenvalue weighted by atomic mass is 9.86. The third-order valence-electron chi connectivity index (χ3n) is 5.12. The number of aryl methyl sites for hydroxylation is 1. The first-order chi connectivity index (χ1) is 10.2. The lowest BCUT2D eigenvalue weighted by Gasteiger charge is -2.20. The van der Waals surface area contributed by atoms with Gasteiger partial charge in [-0.3, -0.25) is 4.79 Å². The number of hydrogen-bond donors (Lipinski definition) is 1. The van der Waals surface area contributed by atoms with Gasteiger partial charge in [-0.1, -0.05) is 23.8 Å². The predicted octanol–water partition coefficient (Wildman–Crippen LogP) is 4.37. The molecule has 1 aromatic heterocycles. The monoisotopic (exact) mass is 300 g/mol. The molecule has 2 saturated carbocycles. The molecule has 0 unspecified atom stereocenters. The van der Waals surface area contributed by atoms with E-state index in [9.17, 15) is 4.79 Å². The third-order valence-corrected chi connectivity index (χ3v) is 6.06. The van der Waals surface area contributed by atoms with Crippen molar-refractivity contribution in [3.63, 3.8) is 0 Å². The highest BCUT2D eigenvalue weighted by Crippen LogP contribution is 2.49. The summed E-state index contributed by atoms with van der Waals surface area (Å²) < 4.78 is 1.14. The molecule has 2 fully saturated rings. The zero-order chi connectivity index (χ0) is 14.4. The zero-order valence-corrected chi connectivity index (χ0v) is 13.1. The maximum atomic E-state index is 12.2. The van der Waals surface area contributed by atoms with E-state index in [1.807, 2.05) is 6.07 Å².